The van der Waals surface area contributed by atoms with Crippen LogP contribution in [0.1, 0.15) is 22.7 Å². The number of anilines is 2. The molecule has 0 radical (unpaired) electrons. The first-order chi connectivity index (χ1) is 19.7. The van der Waals surface area contributed by atoms with E-state index >= 15 is 0 Å². The van der Waals surface area contributed by atoms with Gasteiger partial charge in [0.25, 0.3) is 0 Å². The SMILES string of the molecule is O=C(Nc1cccc(C(F)(F)F)c1)[C@@H]1[C@@H]2C(=O)N(c3cccc4ccccc34)C(=O)[C@H]2[C@@H]2c3ccccc3C=CN12. The number of hydrogen-bond donors (Lipinski definition) is 1. The number of alkyl halides is 3. The van der Waals surface area contributed by atoms with E-state index in [1.165, 1.54) is 17.0 Å². The molecule has 4 atom stereocenters. The van der Waals surface area contributed by atoms with Gasteiger partial charge in [0.1, 0.15) is 6.04 Å². The summed E-state index contributed by atoms with van der Waals surface area (Å²) in [6, 6.07) is 22.9. The average Bonchev–Trinajstić information content (AvgIpc) is 3.44. The Morgan fingerprint density at radius 1 is 0.805 bits per heavy atom. The zero-order valence-corrected chi connectivity index (χ0v) is 21.4. The first-order valence-electron chi connectivity index (χ1n) is 13.1. The molecular weight excluding hydrogens is 531 g/mol. The lowest BCUT2D eigenvalue weighted by atomic mass is 9.84. The molecule has 2 fully saturated rings. The van der Waals surface area contributed by atoms with Gasteiger partial charge in [0.2, 0.25) is 17.7 Å². The van der Waals surface area contributed by atoms with Gasteiger partial charge in [-0.3, -0.25) is 14.4 Å². The number of amides is 3. The molecule has 3 heterocycles. The topological polar surface area (TPSA) is 69.7 Å². The van der Waals surface area contributed by atoms with Gasteiger partial charge < -0.3 is 10.2 Å². The van der Waals surface area contributed by atoms with Crippen LogP contribution < -0.4 is 10.2 Å². The smallest absolute Gasteiger partial charge is 0.357 e. The largest absolute Gasteiger partial charge is 0.416 e. The summed E-state index contributed by atoms with van der Waals surface area (Å²) in [6.45, 7) is 0. The third-order valence-electron chi connectivity index (χ3n) is 8.20. The summed E-state index contributed by atoms with van der Waals surface area (Å²) in [7, 11) is 0. The number of halogens is 3. The number of hydrogen-bond acceptors (Lipinski definition) is 4. The Morgan fingerprint density at radius 3 is 2.34 bits per heavy atom. The van der Waals surface area contributed by atoms with Crippen LogP contribution in [0.5, 0.6) is 0 Å². The molecule has 204 valence electrons. The first kappa shape index (κ1) is 25.1. The van der Waals surface area contributed by atoms with Crippen LogP contribution in [-0.2, 0) is 20.6 Å². The van der Waals surface area contributed by atoms with Gasteiger partial charge in [-0.2, -0.15) is 13.2 Å². The predicted octanol–water partition coefficient (Wildman–Crippen LogP) is 6.01. The van der Waals surface area contributed by atoms with Crippen molar-refractivity contribution in [2.75, 3.05) is 10.2 Å². The van der Waals surface area contributed by atoms with Gasteiger partial charge in [0.15, 0.2) is 0 Å². The lowest BCUT2D eigenvalue weighted by Gasteiger charge is -2.35. The Balaban J connectivity index is 1.32. The molecule has 0 bridgehead atoms. The van der Waals surface area contributed by atoms with Crippen LogP contribution >= 0.6 is 0 Å². The summed E-state index contributed by atoms with van der Waals surface area (Å²) in [5, 5.41) is 4.17. The molecule has 0 unspecified atom stereocenters. The van der Waals surface area contributed by atoms with Crippen molar-refractivity contribution in [3.63, 3.8) is 0 Å². The second kappa shape index (κ2) is 9.05. The van der Waals surface area contributed by atoms with E-state index in [2.05, 4.69) is 5.32 Å². The lowest BCUT2D eigenvalue weighted by molar-refractivity contribution is -0.137. The minimum absolute atomic E-state index is 0.0473. The molecule has 0 aliphatic carbocycles. The number of carbonyl (C=O) groups is 3. The van der Waals surface area contributed by atoms with Crippen LogP contribution in [0.2, 0.25) is 0 Å². The zero-order chi connectivity index (χ0) is 28.5. The summed E-state index contributed by atoms with van der Waals surface area (Å²) < 4.78 is 40.0. The number of benzene rings is 4. The summed E-state index contributed by atoms with van der Waals surface area (Å²) >= 11 is 0. The van der Waals surface area contributed by atoms with Crippen LogP contribution in [0, 0.1) is 11.8 Å². The standard InChI is InChI=1S/C32H22F3N3O3/c33-32(34,35)20-10-6-11-21(17-20)36-29(39)28-26-25(27-23-13-4-2-8-19(23)15-16-37(27)28)30(40)38(31(26)41)24-14-5-9-18-7-1-3-12-22(18)24/h1-17,25-28H,(H,36,39)/t25-,26-,27+,28+/m1/s1. The van der Waals surface area contributed by atoms with Gasteiger partial charge in [-0.05, 0) is 46.9 Å². The quantitative estimate of drug-likeness (QED) is 0.316. The van der Waals surface area contributed by atoms with E-state index in [9.17, 15) is 27.6 Å². The molecule has 41 heavy (non-hydrogen) atoms. The average molecular weight is 554 g/mol. The molecular formula is C32H22F3N3O3. The Bertz CT molecular complexity index is 1780. The van der Waals surface area contributed by atoms with Crippen molar-refractivity contribution in [3.8, 4) is 0 Å². The van der Waals surface area contributed by atoms with E-state index < -0.39 is 53.4 Å². The maximum absolute atomic E-state index is 14.2. The highest BCUT2D eigenvalue weighted by atomic mass is 19.4. The van der Waals surface area contributed by atoms with Crippen molar-refractivity contribution in [1.29, 1.82) is 0 Å². The molecule has 4 aromatic carbocycles. The predicted molar refractivity (Wildman–Crippen MR) is 147 cm³/mol. The molecule has 6 nitrogen and oxygen atoms in total. The Kier molecular flexibility index (Phi) is 5.54. The Hall–Kier alpha value is -4.92. The number of carbonyl (C=O) groups excluding carboxylic acids is 3. The van der Waals surface area contributed by atoms with Crippen LogP contribution in [-0.4, -0.2) is 28.7 Å². The molecule has 0 saturated carbocycles. The van der Waals surface area contributed by atoms with Crippen molar-refractivity contribution < 1.29 is 27.6 Å². The van der Waals surface area contributed by atoms with Gasteiger partial charge in [-0.1, -0.05) is 66.7 Å². The van der Waals surface area contributed by atoms with Crippen molar-refractivity contribution in [2.24, 2.45) is 11.8 Å². The normalized spacial score (nSPS) is 23.0. The summed E-state index contributed by atoms with van der Waals surface area (Å²) in [5.74, 6) is -3.50. The van der Waals surface area contributed by atoms with Crippen LogP contribution in [0.3, 0.4) is 0 Å². The fourth-order valence-corrected chi connectivity index (χ4v) is 6.49. The molecule has 2 saturated heterocycles. The number of nitrogens with zero attached hydrogens (tertiary/aromatic N) is 2. The maximum atomic E-state index is 14.2. The fourth-order valence-electron chi connectivity index (χ4n) is 6.49. The van der Waals surface area contributed by atoms with E-state index in [4.69, 9.17) is 0 Å². The minimum atomic E-state index is -4.59. The van der Waals surface area contributed by atoms with E-state index in [-0.39, 0.29) is 5.69 Å². The minimum Gasteiger partial charge on any atom is -0.357 e. The van der Waals surface area contributed by atoms with Gasteiger partial charge in [0, 0.05) is 17.3 Å². The maximum Gasteiger partial charge on any atom is 0.416 e. The Morgan fingerprint density at radius 2 is 1.51 bits per heavy atom. The summed E-state index contributed by atoms with van der Waals surface area (Å²) in [6.07, 6.45) is -1.07. The second-order valence-electron chi connectivity index (χ2n) is 10.4. The molecule has 3 amide bonds. The van der Waals surface area contributed by atoms with Gasteiger partial charge >= 0.3 is 6.18 Å². The van der Waals surface area contributed by atoms with Crippen LogP contribution in [0.25, 0.3) is 16.8 Å². The molecule has 0 aromatic heterocycles. The molecule has 3 aliphatic rings. The number of imide groups is 1. The monoisotopic (exact) mass is 553 g/mol. The molecule has 1 N–H and O–H groups in total. The van der Waals surface area contributed by atoms with Gasteiger partial charge in [0.05, 0.1) is 29.1 Å². The summed E-state index contributed by atoms with van der Waals surface area (Å²) in [5.41, 5.74) is 1.17. The first-order valence-corrected chi connectivity index (χ1v) is 13.1. The van der Waals surface area contributed by atoms with Gasteiger partial charge in [-0.25, -0.2) is 4.90 Å². The third-order valence-corrected chi connectivity index (χ3v) is 8.20. The molecule has 3 aliphatic heterocycles. The van der Waals surface area contributed by atoms with Gasteiger partial charge in [-0.15, -0.1) is 0 Å². The lowest BCUT2D eigenvalue weighted by Crippen LogP contribution is -2.46. The third kappa shape index (κ3) is 3.83. The van der Waals surface area contributed by atoms with Crippen molar-refractivity contribution >= 4 is 45.9 Å². The highest BCUT2D eigenvalue weighted by Crippen LogP contribution is 2.53. The van der Waals surface area contributed by atoms with E-state index in [0.717, 1.165) is 34.0 Å². The molecule has 9 heteroatoms. The van der Waals surface area contributed by atoms with Crippen LogP contribution in [0.4, 0.5) is 24.5 Å². The highest BCUT2D eigenvalue weighted by Gasteiger charge is 2.64. The zero-order valence-electron chi connectivity index (χ0n) is 21.4. The van der Waals surface area contributed by atoms with Crippen molar-refractivity contribution in [3.05, 3.63) is 114 Å². The van der Waals surface area contributed by atoms with Crippen molar-refractivity contribution in [2.45, 2.75) is 18.3 Å². The van der Waals surface area contributed by atoms with Crippen LogP contribution in [0.15, 0.2) is 97.2 Å². The van der Waals surface area contributed by atoms with Crippen molar-refractivity contribution in [1.82, 2.24) is 4.90 Å². The number of nitrogens with one attached hydrogen (secondary N) is 1. The summed E-state index contributed by atoms with van der Waals surface area (Å²) in [4.78, 5) is 45.1. The van der Waals surface area contributed by atoms with E-state index in [0.29, 0.717) is 5.69 Å². The number of fused-ring (bicyclic) bond motifs is 6. The van der Waals surface area contributed by atoms with E-state index in [1.807, 2.05) is 60.7 Å². The molecule has 7 rings (SSSR count). The molecule has 4 aromatic rings. The number of rotatable bonds is 3. The Labute approximate surface area is 232 Å². The highest BCUT2D eigenvalue weighted by molar-refractivity contribution is 6.26. The second-order valence-corrected chi connectivity index (χ2v) is 10.4. The fraction of sp³-hybridized carbons (Fsp3) is 0.156. The molecule has 0 spiro atoms. The van der Waals surface area contributed by atoms with E-state index in [1.54, 1.807) is 23.2 Å².